The fraction of sp³-hybridized carbons (Fsp3) is 0.647. The Labute approximate surface area is 470 Å². The second-order valence-corrected chi connectivity index (χ2v) is 20.7. The Balaban J connectivity index is 3.31. The van der Waals surface area contributed by atoms with Gasteiger partial charge in [-0.05, 0) is 113 Å². The van der Waals surface area contributed by atoms with Crippen molar-refractivity contribution >= 4 is 83.1 Å². The van der Waals surface area contributed by atoms with E-state index < -0.39 is 157 Å². The third-order valence-corrected chi connectivity index (χ3v) is 13.3. The number of primary amides is 1. The van der Waals surface area contributed by atoms with Gasteiger partial charge in [-0.3, -0.25) is 52.7 Å². The summed E-state index contributed by atoms with van der Waals surface area (Å²) in [6.45, 7) is 7.31. The first kappa shape index (κ1) is 71.1. The zero-order valence-corrected chi connectivity index (χ0v) is 47.2. The van der Waals surface area contributed by atoms with Gasteiger partial charge in [0, 0.05) is 0 Å². The minimum absolute atomic E-state index is 0.00436. The fourth-order valence-electron chi connectivity index (χ4n) is 7.73. The number of aliphatic hydroxyl groups is 1. The number of phenols is 1. The molecule has 80 heavy (non-hydrogen) atoms. The average Bonchev–Trinajstić information content (AvgIpc) is 3.40. The molecule has 11 atom stereocenters. The van der Waals surface area contributed by atoms with E-state index in [1.807, 2.05) is 6.26 Å². The number of phenolic OH excluding ortho intramolecular Hbond substituents is 1. The van der Waals surface area contributed by atoms with Gasteiger partial charge in [0.25, 0.3) is 0 Å². The molecule has 0 saturated carbocycles. The number of aromatic hydroxyl groups is 1. The molecular weight excluding hydrogens is 1070 g/mol. The standard InChI is InChI=1S/C51H85N13O15S/c1-7-28(4)42(50(78)61-36(23-38(55)68)47(75)57-31(26-65)22-30-14-16-32(67)17-15-30)63-49(77)41(27(2)3)62-46(74)35(13-9-11-20-53)60-51(79)43(29(5)66)64-48(76)37(24-40(70)71)58-39(69)25-56-45(73)34(12-8-10-19-52)59-44(72)33(54)18-21-80-6/h14-17,26-29,31,33-37,41-43,66-67H,7-13,18-25,52-54H2,1-6H3,(H2,55,68)(H,56,73)(H,57,75)(H,58,69)(H,59,72)(H,60,79)(H,61,78)(H,62,74)(H,63,77)(H,64,76)(H,70,71). The highest BCUT2D eigenvalue weighted by Crippen LogP contribution is 2.14. The predicted octanol–water partition coefficient (Wildman–Crippen LogP) is -4.10. The Morgan fingerprint density at radius 3 is 1.61 bits per heavy atom. The summed E-state index contributed by atoms with van der Waals surface area (Å²) in [6.07, 6.45) is 1.12. The molecular formula is C51H85N13O15S. The van der Waals surface area contributed by atoms with Crippen LogP contribution >= 0.6 is 11.8 Å². The number of carbonyl (C=O) groups excluding carboxylic acids is 11. The summed E-state index contributed by atoms with van der Waals surface area (Å²) in [5.74, 6) is -11.7. The normalized spacial score (nSPS) is 15.2. The number of aliphatic carboxylic acids is 1. The van der Waals surface area contributed by atoms with Crippen LogP contribution in [0.4, 0.5) is 0 Å². The number of nitrogens with one attached hydrogen (secondary N) is 9. The molecule has 0 saturated heterocycles. The van der Waals surface area contributed by atoms with Crippen LogP contribution in [0.15, 0.2) is 24.3 Å². The van der Waals surface area contributed by atoms with E-state index >= 15 is 0 Å². The molecule has 0 spiro atoms. The Bertz CT molecular complexity index is 2230. The summed E-state index contributed by atoms with van der Waals surface area (Å²) in [6, 6.07) is -6.88. The molecule has 20 N–H and O–H groups in total. The molecule has 1 aromatic rings. The summed E-state index contributed by atoms with van der Waals surface area (Å²) in [5.41, 5.74) is 23.3. The van der Waals surface area contributed by atoms with Crippen LogP contribution in [0.5, 0.6) is 5.75 Å². The van der Waals surface area contributed by atoms with Crippen molar-refractivity contribution in [1.29, 1.82) is 0 Å². The molecule has 0 bridgehead atoms. The van der Waals surface area contributed by atoms with Gasteiger partial charge in [-0.2, -0.15) is 11.8 Å². The van der Waals surface area contributed by atoms with Crippen molar-refractivity contribution in [3.05, 3.63) is 29.8 Å². The van der Waals surface area contributed by atoms with Crippen LogP contribution in [0.2, 0.25) is 0 Å². The Morgan fingerprint density at radius 2 is 1.10 bits per heavy atom. The van der Waals surface area contributed by atoms with Gasteiger partial charge in [0.05, 0.1) is 37.6 Å². The molecule has 28 nitrogen and oxygen atoms in total. The SMILES string of the molecule is CCC(C)C(NC(=O)C(NC(=O)C(CCCCN)NC(=O)C(NC(=O)C(CC(=O)O)NC(=O)CNC(=O)C(CCCCN)NC(=O)C(N)CCSC)C(C)O)C(C)C)C(=O)NC(CC(N)=O)C(=O)NC(C=O)Cc1ccc(O)cc1. The Hall–Kier alpha value is -6.95. The summed E-state index contributed by atoms with van der Waals surface area (Å²) >= 11 is 1.48. The van der Waals surface area contributed by atoms with Gasteiger partial charge < -0.3 is 90.9 Å². The van der Waals surface area contributed by atoms with Crippen LogP contribution in [-0.4, -0.2) is 179 Å². The smallest absolute Gasteiger partial charge is 0.305 e. The predicted molar refractivity (Wildman–Crippen MR) is 295 cm³/mol. The molecule has 0 aromatic heterocycles. The minimum atomic E-state index is -1.88. The molecule has 1 rings (SSSR count). The number of aliphatic hydroxyl groups excluding tert-OH is 1. The second kappa shape index (κ2) is 37.8. The van der Waals surface area contributed by atoms with Crippen molar-refractivity contribution in [2.75, 3.05) is 31.6 Å². The van der Waals surface area contributed by atoms with E-state index in [1.165, 1.54) is 36.0 Å². The van der Waals surface area contributed by atoms with Crippen LogP contribution in [0.1, 0.15) is 104 Å². The fourth-order valence-corrected chi connectivity index (χ4v) is 8.22. The van der Waals surface area contributed by atoms with E-state index in [0.717, 1.165) is 6.92 Å². The molecule has 0 heterocycles. The number of carbonyl (C=O) groups is 12. The van der Waals surface area contributed by atoms with Crippen molar-refractivity contribution in [3.8, 4) is 5.75 Å². The molecule has 29 heteroatoms. The number of nitrogens with two attached hydrogens (primary N) is 4. The van der Waals surface area contributed by atoms with Crippen LogP contribution in [-0.2, 0) is 64.0 Å². The lowest BCUT2D eigenvalue weighted by Crippen LogP contribution is -2.62. The van der Waals surface area contributed by atoms with Crippen molar-refractivity contribution < 1.29 is 72.9 Å². The second-order valence-electron chi connectivity index (χ2n) is 19.7. The highest BCUT2D eigenvalue weighted by molar-refractivity contribution is 7.98. The largest absolute Gasteiger partial charge is 0.508 e. The van der Waals surface area contributed by atoms with Crippen LogP contribution < -0.4 is 70.8 Å². The number of carboxylic acid groups (broad SMARTS) is 1. The number of amides is 10. The van der Waals surface area contributed by atoms with E-state index in [4.69, 9.17) is 22.9 Å². The zero-order chi connectivity index (χ0) is 60.6. The number of rotatable bonds is 40. The number of thioether (sulfide) groups is 1. The highest BCUT2D eigenvalue weighted by Gasteiger charge is 2.37. The number of unbranched alkanes of at least 4 members (excludes halogenated alkanes) is 2. The van der Waals surface area contributed by atoms with Crippen LogP contribution in [0.25, 0.3) is 0 Å². The van der Waals surface area contributed by atoms with Crippen molar-refractivity contribution in [2.45, 2.75) is 166 Å². The number of aldehydes is 1. The summed E-state index contributed by atoms with van der Waals surface area (Å²) in [5, 5.41) is 51.9. The lowest BCUT2D eigenvalue weighted by Gasteiger charge is -2.30. The number of hydrogen-bond donors (Lipinski definition) is 16. The maximum atomic E-state index is 14.1. The van der Waals surface area contributed by atoms with Gasteiger partial charge in [0.1, 0.15) is 54.3 Å². The molecule has 10 amide bonds. The quantitative estimate of drug-likeness (QED) is 0.0219. The Morgan fingerprint density at radius 1 is 0.613 bits per heavy atom. The van der Waals surface area contributed by atoms with Gasteiger partial charge in [0.15, 0.2) is 0 Å². The van der Waals surface area contributed by atoms with E-state index in [0.29, 0.717) is 56.3 Å². The maximum Gasteiger partial charge on any atom is 0.305 e. The zero-order valence-electron chi connectivity index (χ0n) is 46.4. The maximum absolute atomic E-state index is 14.1. The van der Waals surface area contributed by atoms with Gasteiger partial charge >= 0.3 is 5.97 Å². The first-order valence-corrected chi connectivity index (χ1v) is 27.9. The molecule has 0 aliphatic carbocycles. The third kappa shape index (κ3) is 26.8. The monoisotopic (exact) mass is 1150 g/mol. The van der Waals surface area contributed by atoms with Gasteiger partial charge in [-0.25, -0.2) is 0 Å². The van der Waals surface area contributed by atoms with E-state index in [9.17, 15) is 72.9 Å². The van der Waals surface area contributed by atoms with E-state index in [2.05, 4.69) is 47.9 Å². The first-order chi connectivity index (χ1) is 37.7. The average molecular weight is 1150 g/mol. The molecule has 0 aliphatic heterocycles. The molecule has 1 aromatic carbocycles. The highest BCUT2D eigenvalue weighted by atomic mass is 32.2. The Kier molecular flexibility index (Phi) is 33.6. The molecule has 0 radical (unpaired) electrons. The van der Waals surface area contributed by atoms with E-state index in [-0.39, 0.29) is 38.0 Å². The van der Waals surface area contributed by atoms with Crippen molar-refractivity contribution in [2.24, 2.45) is 34.8 Å². The lowest BCUT2D eigenvalue weighted by atomic mass is 9.95. The van der Waals surface area contributed by atoms with Crippen molar-refractivity contribution in [1.82, 2.24) is 47.9 Å². The molecule has 0 aliphatic rings. The minimum Gasteiger partial charge on any atom is -0.508 e. The van der Waals surface area contributed by atoms with Gasteiger partial charge in [-0.15, -0.1) is 0 Å². The lowest BCUT2D eigenvalue weighted by molar-refractivity contribution is -0.141. The van der Waals surface area contributed by atoms with Gasteiger partial charge in [-0.1, -0.05) is 46.2 Å². The number of carboxylic acids is 1. The number of benzene rings is 1. The van der Waals surface area contributed by atoms with Crippen LogP contribution in [0, 0.1) is 11.8 Å². The summed E-state index contributed by atoms with van der Waals surface area (Å²) < 4.78 is 0. The van der Waals surface area contributed by atoms with Crippen LogP contribution in [0.3, 0.4) is 0 Å². The summed E-state index contributed by atoms with van der Waals surface area (Å²) in [4.78, 5) is 158. The van der Waals surface area contributed by atoms with Crippen molar-refractivity contribution in [3.63, 3.8) is 0 Å². The molecule has 0 fully saturated rings. The topological polar surface area (TPSA) is 478 Å². The van der Waals surface area contributed by atoms with Gasteiger partial charge in [0.2, 0.25) is 59.1 Å². The third-order valence-electron chi connectivity index (χ3n) is 12.6. The van der Waals surface area contributed by atoms with E-state index in [1.54, 1.807) is 27.7 Å². The molecule has 11 unspecified atom stereocenters. The molecule has 450 valence electrons. The first-order valence-electron chi connectivity index (χ1n) is 26.5. The number of hydrogen-bond acceptors (Lipinski definition) is 18. The summed E-state index contributed by atoms with van der Waals surface area (Å²) in [7, 11) is 0.